The number of aryl methyl sites for hydroxylation is 2. The molecule has 0 spiro atoms. The van der Waals surface area contributed by atoms with Gasteiger partial charge in [-0.15, -0.1) is 0 Å². The quantitative estimate of drug-likeness (QED) is 0.816. The number of nitrogens with two attached hydrogens (primary N) is 1. The third-order valence-corrected chi connectivity index (χ3v) is 5.69. The fourth-order valence-electron chi connectivity index (χ4n) is 3.75. The molecule has 0 amide bonds. The lowest BCUT2D eigenvalue weighted by molar-refractivity contribution is 0.115. The highest BCUT2D eigenvalue weighted by molar-refractivity contribution is 5.33. The highest BCUT2D eigenvalue weighted by atomic mass is 14.8. The van der Waals surface area contributed by atoms with Crippen molar-refractivity contribution in [3.63, 3.8) is 0 Å². The largest absolute Gasteiger partial charge is 0.321 e. The Labute approximate surface area is 125 Å². The molecule has 1 fully saturated rings. The summed E-state index contributed by atoms with van der Waals surface area (Å²) in [6, 6.07) is 6.81. The van der Waals surface area contributed by atoms with Gasteiger partial charge in [0.1, 0.15) is 0 Å². The molecule has 1 aromatic rings. The van der Waals surface area contributed by atoms with Crippen molar-refractivity contribution >= 4 is 0 Å². The number of hydrogen-bond donors (Lipinski definition) is 1. The molecule has 2 rings (SSSR count). The third kappa shape index (κ3) is 3.09. The maximum Gasteiger partial charge on any atom is 0.0410 e. The van der Waals surface area contributed by atoms with E-state index in [4.69, 9.17) is 5.73 Å². The van der Waals surface area contributed by atoms with Crippen LogP contribution < -0.4 is 5.73 Å². The molecule has 1 aliphatic rings. The SMILES string of the molecule is CCC(C)(C)C1CCC(N)(c2cc(C)cc(C)c2)CC1. The van der Waals surface area contributed by atoms with Gasteiger partial charge in [-0.1, -0.05) is 56.5 Å². The van der Waals surface area contributed by atoms with Gasteiger partial charge in [-0.2, -0.15) is 0 Å². The zero-order chi connectivity index (χ0) is 15.0. The van der Waals surface area contributed by atoms with Gasteiger partial charge in [0.2, 0.25) is 0 Å². The topological polar surface area (TPSA) is 26.0 Å². The highest BCUT2D eigenvalue weighted by Crippen LogP contribution is 2.45. The summed E-state index contributed by atoms with van der Waals surface area (Å²) < 4.78 is 0. The van der Waals surface area contributed by atoms with E-state index in [1.54, 1.807) is 0 Å². The van der Waals surface area contributed by atoms with Gasteiger partial charge in [0, 0.05) is 5.54 Å². The van der Waals surface area contributed by atoms with Crippen LogP contribution in [0.5, 0.6) is 0 Å². The van der Waals surface area contributed by atoms with Crippen LogP contribution in [0.1, 0.15) is 69.6 Å². The predicted octanol–water partition coefficient (Wildman–Crippen LogP) is 5.08. The molecule has 0 saturated heterocycles. The molecule has 0 aromatic heterocycles. The van der Waals surface area contributed by atoms with Crippen LogP contribution in [0.4, 0.5) is 0 Å². The maximum absolute atomic E-state index is 6.77. The van der Waals surface area contributed by atoms with Crippen LogP contribution in [0, 0.1) is 25.2 Å². The molecule has 112 valence electrons. The first-order valence-corrected chi connectivity index (χ1v) is 8.14. The monoisotopic (exact) mass is 273 g/mol. The minimum absolute atomic E-state index is 0.100. The van der Waals surface area contributed by atoms with E-state index in [0.717, 1.165) is 18.8 Å². The third-order valence-electron chi connectivity index (χ3n) is 5.69. The van der Waals surface area contributed by atoms with Crippen LogP contribution in [0.2, 0.25) is 0 Å². The first-order valence-electron chi connectivity index (χ1n) is 8.14. The molecular weight excluding hydrogens is 242 g/mol. The second-order valence-electron chi connectivity index (χ2n) is 7.65. The minimum atomic E-state index is -0.100. The van der Waals surface area contributed by atoms with E-state index in [2.05, 4.69) is 52.8 Å². The molecule has 1 saturated carbocycles. The Morgan fingerprint density at radius 2 is 1.60 bits per heavy atom. The Kier molecular flexibility index (Phi) is 4.30. The lowest BCUT2D eigenvalue weighted by Crippen LogP contribution is -2.43. The summed E-state index contributed by atoms with van der Waals surface area (Å²) in [6.07, 6.45) is 6.06. The summed E-state index contributed by atoms with van der Waals surface area (Å²) in [4.78, 5) is 0. The van der Waals surface area contributed by atoms with E-state index in [9.17, 15) is 0 Å². The van der Waals surface area contributed by atoms with Crippen molar-refractivity contribution < 1.29 is 0 Å². The summed E-state index contributed by atoms with van der Waals surface area (Å²) in [5.74, 6) is 0.829. The van der Waals surface area contributed by atoms with E-state index in [-0.39, 0.29) is 5.54 Å². The molecule has 0 heterocycles. The number of rotatable bonds is 3. The van der Waals surface area contributed by atoms with Crippen molar-refractivity contribution in [3.05, 3.63) is 34.9 Å². The van der Waals surface area contributed by atoms with Gasteiger partial charge < -0.3 is 5.73 Å². The summed E-state index contributed by atoms with van der Waals surface area (Å²) in [6.45, 7) is 11.5. The number of hydrogen-bond acceptors (Lipinski definition) is 1. The fraction of sp³-hybridized carbons (Fsp3) is 0.684. The summed E-state index contributed by atoms with van der Waals surface area (Å²) in [5, 5.41) is 0. The molecule has 20 heavy (non-hydrogen) atoms. The van der Waals surface area contributed by atoms with Gasteiger partial charge in [0.05, 0.1) is 0 Å². The molecule has 0 radical (unpaired) electrons. The summed E-state index contributed by atoms with van der Waals surface area (Å²) in [7, 11) is 0. The van der Waals surface area contributed by atoms with Crippen molar-refractivity contribution in [1.29, 1.82) is 0 Å². The smallest absolute Gasteiger partial charge is 0.0410 e. The average Bonchev–Trinajstić information content (AvgIpc) is 2.38. The van der Waals surface area contributed by atoms with Gasteiger partial charge in [0.15, 0.2) is 0 Å². The van der Waals surface area contributed by atoms with Crippen molar-refractivity contribution in [2.75, 3.05) is 0 Å². The van der Waals surface area contributed by atoms with E-state index in [1.165, 1.54) is 36.0 Å². The second-order valence-corrected chi connectivity index (χ2v) is 7.65. The fourth-order valence-corrected chi connectivity index (χ4v) is 3.75. The molecule has 0 unspecified atom stereocenters. The van der Waals surface area contributed by atoms with E-state index < -0.39 is 0 Å². The average molecular weight is 273 g/mol. The van der Waals surface area contributed by atoms with Crippen LogP contribution in [-0.4, -0.2) is 0 Å². The molecule has 2 N–H and O–H groups in total. The van der Waals surface area contributed by atoms with E-state index in [1.807, 2.05) is 0 Å². The minimum Gasteiger partial charge on any atom is -0.321 e. The molecule has 1 aromatic carbocycles. The Bertz CT molecular complexity index is 444. The van der Waals surface area contributed by atoms with Crippen LogP contribution in [0.25, 0.3) is 0 Å². The first-order chi connectivity index (χ1) is 9.27. The van der Waals surface area contributed by atoms with Gasteiger partial charge in [-0.3, -0.25) is 0 Å². The maximum atomic E-state index is 6.77. The summed E-state index contributed by atoms with van der Waals surface area (Å²) in [5.41, 5.74) is 11.1. The standard InChI is InChI=1S/C19H31N/c1-6-18(4,5)16-7-9-19(20,10-8-16)17-12-14(2)11-15(3)13-17/h11-13,16H,6-10,20H2,1-5H3. The Morgan fingerprint density at radius 1 is 1.10 bits per heavy atom. The lowest BCUT2D eigenvalue weighted by atomic mass is 9.64. The molecule has 1 nitrogen and oxygen atoms in total. The van der Waals surface area contributed by atoms with E-state index >= 15 is 0 Å². The molecule has 0 atom stereocenters. The van der Waals surface area contributed by atoms with Crippen molar-refractivity contribution in [3.8, 4) is 0 Å². The molecular formula is C19H31N. The van der Waals surface area contributed by atoms with Crippen LogP contribution >= 0.6 is 0 Å². The highest BCUT2D eigenvalue weighted by Gasteiger charge is 2.38. The number of benzene rings is 1. The molecule has 0 bridgehead atoms. The van der Waals surface area contributed by atoms with Crippen LogP contribution in [-0.2, 0) is 5.54 Å². The molecule has 1 heteroatoms. The van der Waals surface area contributed by atoms with Gasteiger partial charge in [-0.25, -0.2) is 0 Å². The van der Waals surface area contributed by atoms with Gasteiger partial charge in [-0.05, 0) is 56.4 Å². The van der Waals surface area contributed by atoms with Gasteiger partial charge >= 0.3 is 0 Å². The Morgan fingerprint density at radius 3 is 2.05 bits per heavy atom. The zero-order valence-electron chi connectivity index (χ0n) is 13.9. The van der Waals surface area contributed by atoms with Crippen molar-refractivity contribution in [2.45, 2.75) is 72.3 Å². The van der Waals surface area contributed by atoms with E-state index in [0.29, 0.717) is 5.41 Å². The second kappa shape index (κ2) is 5.52. The van der Waals surface area contributed by atoms with Gasteiger partial charge in [0.25, 0.3) is 0 Å². The Balaban J connectivity index is 2.15. The van der Waals surface area contributed by atoms with Crippen LogP contribution in [0.15, 0.2) is 18.2 Å². The summed E-state index contributed by atoms with van der Waals surface area (Å²) >= 11 is 0. The molecule has 0 aliphatic heterocycles. The van der Waals surface area contributed by atoms with Crippen LogP contribution in [0.3, 0.4) is 0 Å². The van der Waals surface area contributed by atoms with Crippen molar-refractivity contribution in [2.24, 2.45) is 17.1 Å². The lowest BCUT2D eigenvalue weighted by Gasteiger charge is -2.43. The molecule has 1 aliphatic carbocycles. The first kappa shape index (κ1) is 15.6. The van der Waals surface area contributed by atoms with Crippen molar-refractivity contribution in [1.82, 2.24) is 0 Å². The predicted molar refractivity (Wildman–Crippen MR) is 87.8 cm³/mol. The zero-order valence-corrected chi connectivity index (χ0v) is 13.9. The normalized spacial score (nSPS) is 27.6. The Hall–Kier alpha value is -0.820.